The molecule has 2 unspecified atom stereocenters. The summed E-state index contributed by atoms with van der Waals surface area (Å²) in [7, 11) is 0. The standard InChI is InChI=1S/C10H17NO2/c1-10(2)8(5-9(12)11-10)7-3-4-13-6-7/h7-8H,3-6H2,1-2H3,(H,11,12). The Hall–Kier alpha value is -0.570. The largest absolute Gasteiger partial charge is 0.381 e. The van der Waals surface area contributed by atoms with Crippen molar-refractivity contribution in [1.82, 2.24) is 5.32 Å². The molecule has 2 rings (SSSR count). The highest BCUT2D eigenvalue weighted by Gasteiger charge is 2.44. The lowest BCUT2D eigenvalue weighted by atomic mass is 9.78. The highest BCUT2D eigenvalue weighted by Crippen LogP contribution is 2.36. The Labute approximate surface area is 78.8 Å². The minimum Gasteiger partial charge on any atom is -0.381 e. The molecule has 0 saturated carbocycles. The fourth-order valence-corrected chi connectivity index (χ4v) is 2.58. The van der Waals surface area contributed by atoms with Gasteiger partial charge in [0.2, 0.25) is 5.91 Å². The van der Waals surface area contributed by atoms with Crippen molar-refractivity contribution < 1.29 is 9.53 Å². The fourth-order valence-electron chi connectivity index (χ4n) is 2.58. The molecule has 3 heteroatoms. The van der Waals surface area contributed by atoms with Gasteiger partial charge in [0.1, 0.15) is 0 Å². The van der Waals surface area contributed by atoms with E-state index in [4.69, 9.17) is 4.74 Å². The number of carbonyl (C=O) groups excluding carboxylic acids is 1. The zero-order valence-electron chi connectivity index (χ0n) is 8.30. The van der Waals surface area contributed by atoms with Gasteiger partial charge in [-0.25, -0.2) is 0 Å². The molecule has 0 aromatic carbocycles. The van der Waals surface area contributed by atoms with E-state index < -0.39 is 0 Å². The molecule has 0 aromatic heterocycles. The summed E-state index contributed by atoms with van der Waals surface area (Å²) in [5, 5.41) is 3.03. The van der Waals surface area contributed by atoms with E-state index in [2.05, 4.69) is 19.2 Å². The van der Waals surface area contributed by atoms with E-state index in [1.807, 2.05) is 0 Å². The first kappa shape index (κ1) is 9.00. The third-order valence-electron chi connectivity index (χ3n) is 3.33. The molecular weight excluding hydrogens is 166 g/mol. The summed E-state index contributed by atoms with van der Waals surface area (Å²) in [5.74, 6) is 1.23. The fraction of sp³-hybridized carbons (Fsp3) is 0.900. The maximum atomic E-state index is 11.3. The minimum absolute atomic E-state index is 0.0323. The third kappa shape index (κ3) is 1.57. The first-order valence-electron chi connectivity index (χ1n) is 4.98. The predicted molar refractivity (Wildman–Crippen MR) is 49.3 cm³/mol. The maximum absolute atomic E-state index is 11.3. The molecular formula is C10H17NO2. The Balaban J connectivity index is 2.09. The summed E-state index contributed by atoms with van der Waals surface area (Å²) >= 11 is 0. The van der Waals surface area contributed by atoms with Crippen LogP contribution in [-0.2, 0) is 9.53 Å². The molecule has 0 spiro atoms. The van der Waals surface area contributed by atoms with Gasteiger partial charge in [0, 0.05) is 25.2 Å². The normalized spacial score (nSPS) is 37.8. The molecule has 2 saturated heterocycles. The van der Waals surface area contributed by atoms with Crippen LogP contribution >= 0.6 is 0 Å². The molecule has 0 radical (unpaired) electrons. The van der Waals surface area contributed by atoms with Gasteiger partial charge in [0.05, 0.1) is 0 Å². The smallest absolute Gasteiger partial charge is 0.220 e. The number of hydrogen-bond donors (Lipinski definition) is 1. The van der Waals surface area contributed by atoms with Crippen molar-refractivity contribution in [2.75, 3.05) is 13.2 Å². The van der Waals surface area contributed by atoms with Crippen molar-refractivity contribution in [2.24, 2.45) is 11.8 Å². The van der Waals surface area contributed by atoms with E-state index in [-0.39, 0.29) is 11.4 Å². The minimum atomic E-state index is -0.0323. The van der Waals surface area contributed by atoms with Crippen LogP contribution in [0.15, 0.2) is 0 Å². The van der Waals surface area contributed by atoms with E-state index in [1.165, 1.54) is 0 Å². The lowest BCUT2D eigenvalue weighted by molar-refractivity contribution is -0.119. The lowest BCUT2D eigenvalue weighted by Gasteiger charge is -2.30. The summed E-state index contributed by atoms with van der Waals surface area (Å²) in [6.07, 6.45) is 1.80. The number of ether oxygens (including phenoxy) is 1. The van der Waals surface area contributed by atoms with Crippen LogP contribution in [0.2, 0.25) is 0 Å². The van der Waals surface area contributed by atoms with Crippen LogP contribution < -0.4 is 5.32 Å². The average Bonchev–Trinajstić information content (AvgIpc) is 2.56. The monoisotopic (exact) mass is 183 g/mol. The van der Waals surface area contributed by atoms with Crippen LogP contribution in [0, 0.1) is 11.8 Å². The number of hydrogen-bond acceptors (Lipinski definition) is 2. The average molecular weight is 183 g/mol. The van der Waals surface area contributed by atoms with Crippen LogP contribution in [0.3, 0.4) is 0 Å². The van der Waals surface area contributed by atoms with E-state index >= 15 is 0 Å². The molecule has 2 aliphatic heterocycles. The summed E-state index contributed by atoms with van der Waals surface area (Å²) < 4.78 is 5.36. The Morgan fingerprint density at radius 3 is 2.77 bits per heavy atom. The Bertz CT molecular complexity index is 219. The zero-order valence-corrected chi connectivity index (χ0v) is 8.30. The van der Waals surface area contributed by atoms with Crippen LogP contribution in [-0.4, -0.2) is 24.7 Å². The molecule has 13 heavy (non-hydrogen) atoms. The molecule has 74 valence electrons. The predicted octanol–water partition coefficient (Wildman–Crippen LogP) is 0.938. The number of nitrogens with one attached hydrogen (secondary N) is 1. The molecule has 2 aliphatic rings. The van der Waals surface area contributed by atoms with Gasteiger partial charge < -0.3 is 10.1 Å². The number of rotatable bonds is 1. The zero-order chi connectivity index (χ0) is 9.47. The molecule has 0 aliphatic carbocycles. The van der Waals surface area contributed by atoms with Crippen molar-refractivity contribution in [3.63, 3.8) is 0 Å². The van der Waals surface area contributed by atoms with Gasteiger partial charge in [-0.05, 0) is 32.1 Å². The third-order valence-corrected chi connectivity index (χ3v) is 3.33. The van der Waals surface area contributed by atoms with Crippen LogP contribution in [0.4, 0.5) is 0 Å². The molecule has 2 fully saturated rings. The van der Waals surface area contributed by atoms with Crippen molar-refractivity contribution in [1.29, 1.82) is 0 Å². The molecule has 2 atom stereocenters. The van der Waals surface area contributed by atoms with Gasteiger partial charge >= 0.3 is 0 Å². The second kappa shape index (κ2) is 2.98. The molecule has 1 N–H and O–H groups in total. The van der Waals surface area contributed by atoms with Crippen molar-refractivity contribution in [3.8, 4) is 0 Å². The highest BCUT2D eigenvalue weighted by molar-refractivity contribution is 5.79. The number of carbonyl (C=O) groups is 1. The second-order valence-electron chi connectivity index (χ2n) is 4.70. The summed E-state index contributed by atoms with van der Waals surface area (Å²) in [5.41, 5.74) is -0.0323. The number of amides is 1. The van der Waals surface area contributed by atoms with E-state index in [9.17, 15) is 4.79 Å². The van der Waals surface area contributed by atoms with Crippen molar-refractivity contribution in [2.45, 2.75) is 32.2 Å². The van der Waals surface area contributed by atoms with Crippen LogP contribution in [0.1, 0.15) is 26.7 Å². The van der Waals surface area contributed by atoms with Gasteiger partial charge in [-0.2, -0.15) is 0 Å². The summed E-state index contributed by atoms with van der Waals surface area (Å²) in [4.78, 5) is 11.3. The first-order valence-corrected chi connectivity index (χ1v) is 4.98. The van der Waals surface area contributed by atoms with E-state index in [1.54, 1.807) is 0 Å². The van der Waals surface area contributed by atoms with Gasteiger partial charge in [-0.1, -0.05) is 0 Å². The van der Waals surface area contributed by atoms with E-state index in [0.29, 0.717) is 18.3 Å². The Morgan fingerprint density at radius 1 is 1.54 bits per heavy atom. The topological polar surface area (TPSA) is 38.3 Å². The van der Waals surface area contributed by atoms with Crippen molar-refractivity contribution >= 4 is 5.91 Å². The highest BCUT2D eigenvalue weighted by atomic mass is 16.5. The lowest BCUT2D eigenvalue weighted by Crippen LogP contribution is -2.42. The van der Waals surface area contributed by atoms with Crippen LogP contribution in [0.5, 0.6) is 0 Å². The Kier molecular flexibility index (Phi) is 2.06. The SMILES string of the molecule is CC1(C)NC(=O)CC1C1CCOC1. The summed E-state index contributed by atoms with van der Waals surface area (Å²) in [6.45, 7) is 5.93. The molecule has 0 bridgehead atoms. The van der Waals surface area contributed by atoms with Gasteiger partial charge in [-0.3, -0.25) is 4.79 Å². The van der Waals surface area contributed by atoms with E-state index in [0.717, 1.165) is 19.6 Å². The molecule has 3 nitrogen and oxygen atoms in total. The van der Waals surface area contributed by atoms with Gasteiger partial charge in [0.15, 0.2) is 0 Å². The molecule has 2 heterocycles. The van der Waals surface area contributed by atoms with Gasteiger partial charge in [-0.15, -0.1) is 0 Å². The Morgan fingerprint density at radius 2 is 2.31 bits per heavy atom. The van der Waals surface area contributed by atoms with Crippen molar-refractivity contribution in [3.05, 3.63) is 0 Å². The summed E-state index contributed by atoms with van der Waals surface area (Å²) in [6, 6.07) is 0. The first-order chi connectivity index (χ1) is 6.09. The van der Waals surface area contributed by atoms with Crippen LogP contribution in [0.25, 0.3) is 0 Å². The second-order valence-corrected chi connectivity index (χ2v) is 4.70. The molecule has 1 amide bonds. The quantitative estimate of drug-likeness (QED) is 0.657. The molecule has 0 aromatic rings. The van der Waals surface area contributed by atoms with Gasteiger partial charge in [0.25, 0.3) is 0 Å². The maximum Gasteiger partial charge on any atom is 0.220 e.